The van der Waals surface area contributed by atoms with Gasteiger partial charge in [-0.05, 0) is 6.07 Å². The van der Waals surface area contributed by atoms with Crippen molar-refractivity contribution in [3.05, 3.63) is 28.0 Å². The van der Waals surface area contributed by atoms with Gasteiger partial charge in [0.2, 0.25) is 0 Å². The number of rotatable bonds is 2. The molecule has 0 aliphatic carbocycles. The highest BCUT2D eigenvalue weighted by Gasteiger charge is 2.14. The first-order valence-electron chi connectivity index (χ1n) is 3.49. The van der Waals surface area contributed by atoms with E-state index in [9.17, 15) is 4.79 Å². The minimum Gasteiger partial charge on any atom is -0.478 e. The minimum absolute atomic E-state index is 0.0259. The minimum atomic E-state index is -1.18. The number of nitrogens with zero attached hydrogens (tertiary/aromatic N) is 2. The van der Waals surface area contributed by atoms with E-state index >= 15 is 0 Å². The monoisotopic (exact) mass is 230 g/mol. The van der Waals surface area contributed by atoms with Crippen molar-refractivity contribution in [3.8, 4) is 6.07 Å². The van der Waals surface area contributed by atoms with E-state index in [4.69, 9.17) is 33.6 Å². The largest absolute Gasteiger partial charge is 0.478 e. The number of hydrogen-bond donors (Lipinski definition) is 1. The van der Waals surface area contributed by atoms with Crippen molar-refractivity contribution in [1.29, 1.82) is 5.26 Å². The number of carboxylic acid groups (broad SMARTS) is 1. The smallest absolute Gasteiger partial charge is 0.337 e. The molecule has 0 aliphatic heterocycles. The van der Waals surface area contributed by atoms with Crippen molar-refractivity contribution in [3.63, 3.8) is 0 Å². The molecule has 0 radical (unpaired) electrons. The molecule has 0 aromatic carbocycles. The van der Waals surface area contributed by atoms with E-state index in [0.717, 1.165) is 6.07 Å². The van der Waals surface area contributed by atoms with Gasteiger partial charge in [-0.1, -0.05) is 11.6 Å². The lowest BCUT2D eigenvalue weighted by molar-refractivity contribution is 0.0695. The summed E-state index contributed by atoms with van der Waals surface area (Å²) in [4.78, 5) is 14.4. The number of halogens is 2. The predicted molar refractivity (Wildman–Crippen MR) is 50.5 cm³/mol. The summed E-state index contributed by atoms with van der Waals surface area (Å²) in [5, 5.41) is 17.3. The number of carbonyl (C=O) groups is 1. The molecule has 4 nitrogen and oxygen atoms in total. The number of nitriles is 1. The van der Waals surface area contributed by atoms with Crippen LogP contribution >= 0.6 is 23.2 Å². The first kappa shape index (κ1) is 10.8. The molecule has 0 bridgehead atoms. The van der Waals surface area contributed by atoms with E-state index in [2.05, 4.69) is 4.98 Å². The van der Waals surface area contributed by atoms with Crippen molar-refractivity contribution in [2.45, 2.75) is 5.88 Å². The third kappa shape index (κ3) is 1.95. The lowest BCUT2D eigenvalue weighted by Crippen LogP contribution is -2.05. The molecule has 14 heavy (non-hydrogen) atoms. The van der Waals surface area contributed by atoms with Crippen LogP contribution in [0.5, 0.6) is 0 Å². The van der Waals surface area contributed by atoms with E-state index in [1.807, 2.05) is 0 Å². The van der Waals surface area contributed by atoms with Gasteiger partial charge in [-0.3, -0.25) is 0 Å². The van der Waals surface area contributed by atoms with Gasteiger partial charge in [0, 0.05) is 0 Å². The van der Waals surface area contributed by atoms with E-state index in [1.165, 1.54) is 0 Å². The van der Waals surface area contributed by atoms with Gasteiger partial charge in [0.1, 0.15) is 11.2 Å². The van der Waals surface area contributed by atoms with Crippen LogP contribution in [0.2, 0.25) is 5.15 Å². The molecule has 0 aliphatic rings. The number of pyridine rings is 1. The van der Waals surface area contributed by atoms with Gasteiger partial charge in [0.15, 0.2) is 0 Å². The van der Waals surface area contributed by atoms with Gasteiger partial charge in [-0.2, -0.15) is 5.26 Å². The molecule has 0 amide bonds. The van der Waals surface area contributed by atoms with Crippen LogP contribution < -0.4 is 0 Å². The number of alkyl halides is 1. The SMILES string of the molecule is N#Cc1cc(C(=O)O)c(CCl)nc1Cl. The summed E-state index contributed by atoms with van der Waals surface area (Å²) in [7, 11) is 0. The highest BCUT2D eigenvalue weighted by Crippen LogP contribution is 2.18. The van der Waals surface area contributed by atoms with Crippen LogP contribution in [0, 0.1) is 11.3 Å². The van der Waals surface area contributed by atoms with E-state index in [1.54, 1.807) is 6.07 Å². The second-order valence-corrected chi connectivity index (χ2v) is 3.00. The molecule has 1 aromatic heterocycles. The summed E-state index contributed by atoms with van der Waals surface area (Å²) in [5.41, 5.74) is 0.0852. The van der Waals surface area contributed by atoms with Gasteiger partial charge >= 0.3 is 5.97 Å². The Morgan fingerprint density at radius 3 is 2.79 bits per heavy atom. The molecular formula is C8H4Cl2N2O2. The summed E-state index contributed by atoms with van der Waals surface area (Å²) in [6.07, 6.45) is 0. The molecule has 72 valence electrons. The molecular weight excluding hydrogens is 227 g/mol. The zero-order valence-electron chi connectivity index (χ0n) is 6.79. The molecule has 1 aromatic rings. The molecule has 1 rings (SSSR count). The zero-order chi connectivity index (χ0) is 10.7. The fraction of sp³-hybridized carbons (Fsp3) is 0.125. The van der Waals surface area contributed by atoms with Crippen LogP contribution in [0.3, 0.4) is 0 Å². The number of aromatic carboxylic acids is 1. The lowest BCUT2D eigenvalue weighted by atomic mass is 10.1. The average molecular weight is 231 g/mol. The Morgan fingerprint density at radius 1 is 1.71 bits per heavy atom. The molecule has 6 heteroatoms. The topological polar surface area (TPSA) is 74.0 Å². The molecule has 0 atom stereocenters. The van der Waals surface area contributed by atoms with Crippen molar-refractivity contribution in [2.24, 2.45) is 0 Å². The Kier molecular flexibility index (Phi) is 3.28. The zero-order valence-corrected chi connectivity index (χ0v) is 8.30. The first-order chi connectivity index (χ1) is 6.60. The molecule has 0 spiro atoms. The van der Waals surface area contributed by atoms with E-state index in [-0.39, 0.29) is 27.9 Å². The number of carboxylic acids is 1. The molecule has 1 heterocycles. The van der Waals surface area contributed by atoms with Crippen LogP contribution in [0.15, 0.2) is 6.07 Å². The Labute approximate surface area is 89.7 Å². The van der Waals surface area contributed by atoms with Crippen LogP contribution in [-0.2, 0) is 5.88 Å². The summed E-state index contributed by atoms with van der Waals surface area (Å²) in [5.74, 6) is -1.24. The van der Waals surface area contributed by atoms with E-state index < -0.39 is 5.97 Å². The van der Waals surface area contributed by atoms with E-state index in [0.29, 0.717) is 0 Å². The molecule has 0 fully saturated rings. The molecule has 0 saturated heterocycles. The Hall–Kier alpha value is -1.31. The van der Waals surface area contributed by atoms with Crippen LogP contribution in [0.4, 0.5) is 0 Å². The quantitative estimate of drug-likeness (QED) is 0.624. The maximum Gasteiger partial charge on any atom is 0.337 e. The first-order valence-corrected chi connectivity index (χ1v) is 4.40. The Morgan fingerprint density at radius 2 is 2.36 bits per heavy atom. The predicted octanol–water partition coefficient (Wildman–Crippen LogP) is 2.04. The number of hydrogen-bond acceptors (Lipinski definition) is 3. The average Bonchev–Trinajstić information content (AvgIpc) is 2.16. The van der Waals surface area contributed by atoms with Crippen molar-refractivity contribution in [1.82, 2.24) is 4.98 Å². The third-order valence-electron chi connectivity index (χ3n) is 1.53. The van der Waals surface area contributed by atoms with Gasteiger partial charge in [-0.15, -0.1) is 11.6 Å². The van der Waals surface area contributed by atoms with Crippen LogP contribution in [0.1, 0.15) is 21.6 Å². The van der Waals surface area contributed by atoms with Crippen molar-refractivity contribution < 1.29 is 9.90 Å². The van der Waals surface area contributed by atoms with Gasteiger partial charge < -0.3 is 5.11 Å². The van der Waals surface area contributed by atoms with Crippen LogP contribution in [0.25, 0.3) is 0 Å². The second-order valence-electron chi connectivity index (χ2n) is 2.37. The fourth-order valence-electron chi connectivity index (χ4n) is 0.892. The van der Waals surface area contributed by atoms with Gasteiger partial charge in [-0.25, -0.2) is 9.78 Å². The normalized spacial score (nSPS) is 9.50. The fourth-order valence-corrected chi connectivity index (χ4v) is 1.29. The van der Waals surface area contributed by atoms with Crippen molar-refractivity contribution >= 4 is 29.2 Å². The highest BCUT2D eigenvalue weighted by molar-refractivity contribution is 6.30. The Balaban J connectivity index is 3.42. The highest BCUT2D eigenvalue weighted by atomic mass is 35.5. The number of aromatic nitrogens is 1. The molecule has 0 saturated carbocycles. The summed E-state index contributed by atoms with van der Waals surface area (Å²) < 4.78 is 0. The second kappa shape index (κ2) is 4.27. The summed E-state index contributed by atoms with van der Waals surface area (Å²) >= 11 is 11.1. The molecule has 1 N–H and O–H groups in total. The van der Waals surface area contributed by atoms with Gasteiger partial charge in [0.25, 0.3) is 0 Å². The Bertz CT molecular complexity index is 426. The van der Waals surface area contributed by atoms with Crippen LogP contribution in [-0.4, -0.2) is 16.1 Å². The van der Waals surface area contributed by atoms with Gasteiger partial charge in [0.05, 0.1) is 22.7 Å². The van der Waals surface area contributed by atoms with Crippen molar-refractivity contribution in [2.75, 3.05) is 0 Å². The standard InChI is InChI=1S/C8H4Cl2N2O2/c9-2-6-5(8(13)14)1-4(3-11)7(10)12-6/h1H,2H2,(H,13,14). The molecule has 0 unspecified atom stereocenters. The summed E-state index contributed by atoms with van der Waals surface area (Å²) in [6.45, 7) is 0. The summed E-state index contributed by atoms with van der Waals surface area (Å²) in [6, 6.07) is 2.90. The third-order valence-corrected chi connectivity index (χ3v) is 2.07. The maximum absolute atomic E-state index is 10.7. The maximum atomic E-state index is 10.7. The lowest BCUT2D eigenvalue weighted by Gasteiger charge is -2.03.